The molecule has 0 atom stereocenters. The number of para-hydroxylation sites is 1. The molecule has 0 fully saturated rings. The van der Waals surface area contributed by atoms with E-state index in [2.05, 4.69) is 15.6 Å². The second kappa shape index (κ2) is 7.28. The summed E-state index contributed by atoms with van der Waals surface area (Å²) in [5.74, 6) is 0.990. The Kier molecular flexibility index (Phi) is 4.72. The van der Waals surface area contributed by atoms with Gasteiger partial charge in [0.2, 0.25) is 0 Å². The van der Waals surface area contributed by atoms with Gasteiger partial charge in [-0.15, -0.1) is 0 Å². The zero-order valence-electron chi connectivity index (χ0n) is 13.2. The first kappa shape index (κ1) is 15.6. The summed E-state index contributed by atoms with van der Waals surface area (Å²) in [4.78, 5) is 16.4. The predicted octanol–water partition coefficient (Wildman–Crippen LogP) is 4.09. The summed E-state index contributed by atoms with van der Waals surface area (Å²) in [7, 11) is 1.59. The lowest BCUT2D eigenvalue weighted by Crippen LogP contribution is -2.12. The van der Waals surface area contributed by atoms with Gasteiger partial charge in [-0.3, -0.25) is 4.79 Å². The highest BCUT2D eigenvalue weighted by atomic mass is 16.5. The minimum Gasteiger partial charge on any atom is -0.497 e. The van der Waals surface area contributed by atoms with E-state index in [4.69, 9.17) is 4.74 Å². The second-order valence-corrected chi connectivity index (χ2v) is 5.11. The van der Waals surface area contributed by atoms with Gasteiger partial charge in [-0.2, -0.15) is 0 Å². The van der Waals surface area contributed by atoms with Crippen molar-refractivity contribution < 1.29 is 9.53 Å². The molecule has 5 heteroatoms. The number of hydrogen-bond acceptors (Lipinski definition) is 4. The van der Waals surface area contributed by atoms with Crippen LogP contribution in [0.3, 0.4) is 0 Å². The fourth-order valence-corrected chi connectivity index (χ4v) is 2.16. The van der Waals surface area contributed by atoms with E-state index in [-0.39, 0.29) is 5.91 Å². The van der Waals surface area contributed by atoms with Gasteiger partial charge in [-0.25, -0.2) is 4.98 Å². The molecule has 2 N–H and O–H groups in total. The molecule has 1 heterocycles. The lowest BCUT2D eigenvalue weighted by Gasteiger charge is -2.08. The van der Waals surface area contributed by atoms with Crippen molar-refractivity contribution in [1.82, 2.24) is 4.98 Å². The topological polar surface area (TPSA) is 63.2 Å². The Morgan fingerprint density at radius 1 is 0.917 bits per heavy atom. The molecule has 5 nitrogen and oxygen atoms in total. The molecule has 1 aromatic heterocycles. The van der Waals surface area contributed by atoms with Gasteiger partial charge in [0.25, 0.3) is 5.91 Å². The van der Waals surface area contributed by atoms with Crippen LogP contribution in [-0.2, 0) is 0 Å². The number of pyridine rings is 1. The van der Waals surface area contributed by atoms with Gasteiger partial charge in [0.1, 0.15) is 11.6 Å². The van der Waals surface area contributed by atoms with E-state index in [1.807, 2.05) is 36.4 Å². The largest absolute Gasteiger partial charge is 0.497 e. The summed E-state index contributed by atoms with van der Waals surface area (Å²) in [5.41, 5.74) is 2.38. The third-order valence-corrected chi connectivity index (χ3v) is 3.42. The first-order valence-electron chi connectivity index (χ1n) is 7.48. The highest BCUT2D eigenvalue weighted by molar-refractivity contribution is 6.03. The minimum atomic E-state index is -0.214. The van der Waals surface area contributed by atoms with Crippen LogP contribution in [0.25, 0.3) is 0 Å². The quantitative estimate of drug-likeness (QED) is 0.743. The molecule has 3 aromatic rings. The van der Waals surface area contributed by atoms with Crippen LogP contribution in [0.1, 0.15) is 10.4 Å². The van der Waals surface area contributed by atoms with Crippen molar-refractivity contribution in [2.45, 2.75) is 0 Å². The fourth-order valence-electron chi connectivity index (χ4n) is 2.16. The molecule has 0 aliphatic carbocycles. The average molecular weight is 319 g/mol. The summed E-state index contributed by atoms with van der Waals surface area (Å²) in [6, 6.07) is 20.3. The molecule has 0 radical (unpaired) electrons. The van der Waals surface area contributed by atoms with Crippen LogP contribution < -0.4 is 15.4 Å². The molecule has 0 aliphatic rings. The molecule has 3 rings (SSSR count). The van der Waals surface area contributed by atoms with E-state index in [0.717, 1.165) is 11.4 Å². The third kappa shape index (κ3) is 3.89. The van der Waals surface area contributed by atoms with Crippen LogP contribution in [0, 0.1) is 0 Å². The number of rotatable bonds is 5. The average Bonchev–Trinajstić information content (AvgIpc) is 2.64. The van der Waals surface area contributed by atoms with Crippen LogP contribution in [0.15, 0.2) is 72.9 Å². The number of nitrogens with zero attached hydrogens (tertiary/aromatic N) is 1. The fraction of sp³-hybridized carbons (Fsp3) is 0.0526. The van der Waals surface area contributed by atoms with Gasteiger partial charge in [-0.05, 0) is 48.5 Å². The maximum Gasteiger partial charge on any atom is 0.256 e. The molecule has 0 bridgehead atoms. The number of carbonyl (C=O) groups is 1. The van der Waals surface area contributed by atoms with Crippen LogP contribution in [0.2, 0.25) is 0 Å². The van der Waals surface area contributed by atoms with E-state index in [0.29, 0.717) is 17.1 Å². The van der Waals surface area contributed by atoms with Gasteiger partial charge in [0, 0.05) is 11.3 Å². The van der Waals surface area contributed by atoms with Crippen molar-refractivity contribution in [3.05, 3.63) is 78.5 Å². The Bertz CT molecular complexity index is 800. The molecule has 0 saturated heterocycles. The van der Waals surface area contributed by atoms with Gasteiger partial charge in [-0.1, -0.05) is 18.2 Å². The number of methoxy groups -OCH3 is 1. The first-order valence-corrected chi connectivity index (χ1v) is 7.48. The zero-order chi connectivity index (χ0) is 16.8. The standard InChI is InChI=1S/C19H17N3O2/c1-24-17-10-7-14(8-11-17)19(23)22-18-12-9-16(13-20-18)21-15-5-3-2-4-6-15/h2-13,21H,1H3,(H,20,22,23). The second-order valence-electron chi connectivity index (χ2n) is 5.11. The van der Waals surface area contributed by atoms with E-state index in [1.54, 1.807) is 43.6 Å². The van der Waals surface area contributed by atoms with Crippen LogP contribution >= 0.6 is 0 Å². The predicted molar refractivity (Wildman–Crippen MR) is 94.9 cm³/mol. The maximum absolute atomic E-state index is 12.2. The number of aromatic nitrogens is 1. The Morgan fingerprint density at radius 3 is 2.29 bits per heavy atom. The van der Waals surface area contributed by atoms with Crippen molar-refractivity contribution in [3.63, 3.8) is 0 Å². The van der Waals surface area contributed by atoms with Crippen molar-refractivity contribution in [2.75, 3.05) is 17.7 Å². The minimum absolute atomic E-state index is 0.214. The lowest BCUT2D eigenvalue weighted by atomic mass is 10.2. The highest BCUT2D eigenvalue weighted by Gasteiger charge is 2.07. The SMILES string of the molecule is COc1ccc(C(=O)Nc2ccc(Nc3ccccc3)cn2)cc1. The van der Waals surface area contributed by atoms with Crippen molar-refractivity contribution >= 4 is 23.1 Å². The summed E-state index contributed by atoms with van der Waals surface area (Å²) in [6.45, 7) is 0. The van der Waals surface area contributed by atoms with E-state index < -0.39 is 0 Å². The molecule has 0 spiro atoms. The van der Waals surface area contributed by atoms with Gasteiger partial charge >= 0.3 is 0 Å². The molecule has 0 aliphatic heterocycles. The number of hydrogen-bond donors (Lipinski definition) is 2. The first-order chi connectivity index (χ1) is 11.7. The number of ether oxygens (including phenoxy) is 1. The molecular formula is C19H17N3O2. The van der Waals surface area contributed by atoms with Gasteiger partial charge in [0.15, 0.2) is 0 Å². The Labute approximate surface area is 140 Å². The van der Waals surface area contributed by atoms with E-state index >= 15 is 0 Å². The van der Waals surface area contributed by atoms with Crippen LogP contribution in [-0.4, -0.2) is 18.0 Å². The molecule has 2 aromatic carbocycles. The zero-order valence-corrected chi connectivity index (χ0v) is 13.2. The van der Waals surface area contributed by atoms with Crippen molar-refractivity contribution in [1.29, 1.82) is 0 Å². The van der Waals surface area contributed by atoms with Crippen molar-refractivity contribution in [2.24, 2.45) is 0 Å². The number of anilines is 3. The molecule has 24 heavy (non-hydrogen) atoms. The maximum atomic E-state index is 12.2. The van der Waals surface area contributed by atoms with Gasteiger partial charge in [0.05, 0.1) is 19.0 Å². The third-order valence-electron chi connectivity index (χ3n) is 3.42. The molecule has 1 amide bonds. The molecular weight excluding hydrogens is 302 g/mol. The number of carbonyl (C=O) groups excluding carboxylic acids is 1. The summed E-state index contributed by atoms with van der Waals surface area (Å²) in [5, 5.41) is 6.01. The van der Waals surface area contributed by atoms with E-state index in [1.165, 1.54) is 0 Å². The number of nitrogens with one attached hydrogen (secondary N) is 2. The number of amides is 1. The summed E-state index contributed by atoms with van der Waals surface area (Å²) < 4.78 is 5.08. The monoisotopic (exact) mass is 319 g/mol. The van der Waals surface area contributed by atoms with Crippen LogP contribution in [0.4, 0.5) is 17.2 Å². The molecule has 0 saturated carbocycles. The molecule has 120 valence electrons. The van der Waals surface area contributed by atoms with Gasteiger partial charge < -0.3 is 15.4 Å². The normalized spacial score (nSPS) is 10.0. The Hall–Kier alpha value is -3.34. The highest BCUT2D eigenvalue weighted by Crippen LogP contribution is 2.17. The van der Waals surface area contributed by atoms with Crippen LogP contribution in [0.5, 0.6) is 5.75 Å². The smallest absolute Gasteiger partial charge is 0.256 e. The summed E-state index contributed by atoms with van der Waals surface area (Å²) >= 11 is 0. The van der Waals surface area contributed by atoms with E-state index in [9.17, 15) is 4.79 Å². The number of benzene rings is 2. The van der Waals surface area contributed by atoms with Crippen molar-refractivity contribution in [3.8, 4) is 5.75 Å². The lowest BCUT2D eigenvalue weighted by molar-refractivity contribution is 0.102. The molecule has 0 unspecified atom stereocenters. The Balaban J connectivity index is 1.64. The summed E-state index contributed by atoms with van der Waals surface area (Å²) in [6.07, 6.45) is 1.68. The Morgan fingerprint density at radius 2 is 1.67 bits per heavy atom.